The van der Waals surface area contributed by atoms with Gasteiger partial charge in [-0.25, -0.2) is 0 Å². The zero-order chi connectivity index (χ0) is 10.0. The molecule has 1 unspecified atom stereocenters. The van der Waals surface area contributed by atoms with Crippen molar-refractivity contribution >= 4 is 0 Å². The van der Waals surface area contributed by atoms with E-state index >= 15 is 0 Å². The summed E-state index contributed by atoms with van der Waals surface area (Å²) >= 11 is 0. The molecule has 0 saturated heterocycles. The predicted molar refractivity (Wildman–Crippen MR) is 58.3 cm³/mol. The molecule has 1 aromatic carbocycles. The van der Waals surface area contributed by atoms with Crippen LogP contribution in [0.4, 0.5) is 0 Å². The van der Waals surface area contributed by atoms with Crippen LogP contribution in [0, 0.1) is 0 Å². The molecule has 0 heterocycles. The molecular weight excluding hydrogens is 172 g/mol. The predicted octanol–water partition coefficient (Wildman–Crippen LogP) is 2.88. The molecule has 1 heteroatoms. The molecule has 0 aliphatic heterocycles. The SMILES string of the molecule is C[C@]1(c2ccccc2)CCCC(O)C1. The van der Waals surface area contributed by atoms with Crippen LogP contribution in [0.15, 0.2) is 30.3 Å². The molecule has 76 valence electrons. The molecule has 1 nitrogen and oxygen atoms in total. The summed E-state index contributed by atoms with van der Waals surface area (Å²) in [5, 5.41) is 9.71. The van der Waals surface area contributed by atoms with Gasteiger partial charge < -0.3 is 5.11 Å². The second-order valence-electron chi connectivity index (χ2n) is 4.68. The van der Waals surface area contributed by atoms with Gasteiger partial charge in [-0.1, -0.05) is 43.7 Å². The Morgan fingerprint density at radius 1 is 1.29 bits per heavy atom. The number of aliphatic hydroxyl groups is 1. The molecule has 0 bridgehead atoms. The molecule has 0 amide bonds. The van der Waals surface area contributed by atoms with E-state index in [-0.39, 0.29) is 11.5 Å². The highest BCUT2D eigenvalue weighted by atomic mass is 16.3. The van der Waals surface area contributed by atoms with E-state index in [4.69, 9.17) is 0 Å². The molecule has 0 radical (unpaired) electrons. The Kier molecular flexibility index (Phi) is 2.60. The zero-order valence-corrected chi connectivity index (χ0v) is 8.74. The van der Waals surface area contributed by atoms with Crippen LogP contribution in [-0.2, 0) is 5.41 Å². The molecule has 1 N–H and O–H groups in total. The topological polar surface area (TPSA) is 20.2 Å². The quantitative estimate of drug-likeness (QED) is 0.722. The molecule has 2 atom stereocenters. The van der Waals surface area contributed by atoms with Crippen LogP contribution in [0.3, 0.4) is 0 Å². The molecule has 0 aromatic heterocycles. The third-order valence-electron chi connectivity index (χ3n) is 3.42. The lowest BCUT2D eigenvalue weighted by Crippen LogP contribution is -2.32. The minimum absolute atomic E-state index is 0.103. The van der Waals surface area contributed by atoms with E-state index in [9.17, 15) is 5.11 Å². The largest absolute Gasteiger partial charge is 0.393 e. The number of hydrogen-bond donors (Lipinski definition) is 1. The van der Waals surface area contributed by atoms with E-state index < -0.39 is 0 Å². The first-order chi connectivity index (χ1) is 6.71. The maximum absolute atomic E-state index is 9.71. The van der Waals surface area contributed by atoms with E-state index in [0.717, 1.165) is 19.3 Å². The van der Waals surface area contributed by atoms with Gasteiger partial charge in [0.1, 0.15) is 0 Å². The molecule has 1 saturated carbocycles. The summed E-state index contributed by atoms with van der Waals surface area (Å²) in [5.41, 5.74) is 1.57. The zero-order valence-electron chi connectivity index (χ0n) is 8.74. The Hall–Kier alpha value is -0.820. The number of rotatable bonds is 1. The number of aliphatic hydroxyl groups excluding tert-OH is 1. The highest BCUT2D eigenvalue weighted by Gasteiger charge is 2.32. The van der Waals surface area contributed by atoms with Gasteiger partial charge in [-0.05, 0) is 30.2 Å². The van der Waals surface area contributed by atoms with Gasteiger partial charge in [-0.3, -0.25) is 0 Å². The fourth-order valence-electron chi connectivity index (χ4n) is 2.55. The second-order valence-corrected chi connectivity index (χ2v) is 4.68. The summed E-state index contributed by atoms with van der Waals surface area (Å²) in [7, 11) is 0. The van der Waals surface area contributed by atoms with Crippen molar-refractivity contribution in [3.63, 3.8) is 0 Å². The first-order valence-electron chi connectivity index (χ1n) is 5.44. The van der Waals surface area contributed by atoms with Crippen LogP contribution < -0.4 is 0 Å². The first-order valence-corrected chi connectivity index (χ1v) is 5.44. The summed E-state index contributed by atoms with van der Waals surface area (Å²) in [6.45, 7) is 2.27. The number of benzene rings is 1. The highest BCUT2D eigenvalue weighted by Crippen LogP contribution is 2.38. The van der Waals surface area contributed by atoms with Gasteiger partial charge in [0, 0.05) is 0 Å². The van der Waals surface area contributed by atoms with Crippen LogP contribution in [-0.4, -0.2) is 11.2 Å². The fraction of sp³-hybridized carbons (Fsp3) is 0.538. The Morgan fingerprint density at radius 2 is 2.00 bits per heavy atom. The van der Waals surface area contributed by atoms with Gasteiger partial charge in [0.05, 0.1) is 6.10 Å². The average molecular weight is 190 g/mol. The van der Waals surface area contributed by atoms with Gasteiger partial charge >= 0.3 is 0 Å². The Labute approximate surface area is 85.8 Å². The Morgan fingerprint density at radius 3 is 2.64 bits per heavy atom. The standard InChI is InChI=1S/C13H18O/c1-13(9-5-8-12(14)10-13)11-6-3-2-4-7-11/h2-4,6-7,12,14H,5,8-10H2,1H3/t12?,13-/m0/s1. The summed E-state index contributed by atoms with van der Waals surface area (Å²) < 4.78 is 0. The third-order valence-corrected chi connectivity index (χ3v) is 3.42. The van der Waals surface area contributed by atoms with Crippen molar-refractivity contribution in [3.8, 4) is 0 Å². The highest BCUT2D eigenvalue weighted by molar-refractivity contribution is 5.25. The maximum atomic E-state index is 9.71. The van der Waals surface area contributed by atoms with Crippen LogP contribution in [0.5, 0.6) is 0 Å². The van der Waals surface area contributed by atoms with Gasteiger partial charge in [0.15, 0.2) is 0 Å². The van der Waals surface area contributed by atoms with Crippen molar-refractivity contribution in [1.82, 2.24) is 0 Å². The summed E-state index contributed by atoms with van der Waals surface area (Å²) in [6.07, 6.45) is 4.13. The van der Waals surface area contributed by atoms with E-state index in [1.54, 1.807) is 0 Å². The van der Waals surface area contributed by atoms with Crippen molar-refractivity contribution in [2.75, 3.05) is 0 Å². The molecule has 1 aromatic rings. The summed E-state index contributed by atoms with van der Waals surface area (Å²) in [4.78, 5) is 0. The number of hydrogen-bond acceptors (Lipinski definition) is 1. The lowest BCUT2D eigenvalue weighted by Gasteiger charge is -2.36. The maximum Gasteiger partial charge on any atom is 0.0548 e. The van der Waals surface area contributed by atoms with Crippen LogP contribution in [0.2, 0.25) is 0 Å². The van der Waals surface area contributed by atoms with Crippen LogP contribution >= 0.6 is 0 Å². The molecule has 2 rings (SSSR count). The smallest absolute Gasteiger partial charge is 0.0548 e. The Balaban J connectivity index is 2.23. The molecule has 0 spiro atoms. The average Bonchev–Trinajstić information content (AvgIpc) is 2.19. The van der Waals surface area contributed by atoms with E-state index in [1.807, 2.05) is 6.07 Å². The van der Waals surface area contributed by atoms with Crippen molar-refractivity contribution in [2.24, 2.45) is 0 Å². The van der Waals surface area contributed by atoms with Crippen molar-refractivity contribution in [2.45, 2.75) is 44.1 Å². The van der Waals surface area contributed by atoms with Crippen molar-refractivity contribution in [1.29, 1.82) is 0 Å². The monoisotopic (exact) mass is 190 g/mol. The molecule has 1 aliphatic carbocycles. The minimum Gasteiger partial charge on any atom is -0.393 e. The summed E-state index contributed by atoms with van der Waals surface area (Å²) in [6, 6.07) is 10.6. The van der Waals surface area contributed by atoms with Gasteiger partial charge in [0.25, 0.3) is 0 Å². The molecule has 1 fully saturated rings. The lowest BCUT2D eigenvalue weighted by atomic mass is 9.70. The molecule has 1 aliphatic rings. The first kappa shape index (κ1) is 9.72. The van der Waals surface area contributed by atoms with Crippen LogP contribution in [0.25, 0.3) is 0 Å². The molecular formula is C13H18O. The molecule has 14 heavy (non-hydrogen) atoms. The van der Waals surface area contributed by atoms with Crippen molar-refractivity contribution in [3.05, 3.63) is 35.9 Å². The van der Waals surface area contributed by atoms with Gasteiger partial charge in [-0.15, -0.1) is 0 Å². The second kappa shape index (κ2) is 3.74. The normalized spacial score (nSPS) is 32.9. The van der Waals surface area contributed by atoms with Gasteiger partial charge in [-0.2, -0.15) is 0 Å². The minimum atomic E-state index is -0.103. The summed E-state index contributed by atoms with van der Waals surface area (Å²) in [5.74, 6) is 0. The van der Waals surface area contributed by atoms with Crippen LogP contribution in [0.1, 0.15) is 38.2 Å². The lowest BCUT2D eigenvalue weighted by molar-refractivity contribution is 0.0909. The Bertz CT molecular complexity index is 293. The van der Waals surface area contributed by atoms with E-state index in [2.05, 4.69) is 31.2 Å². The van der Waals surface area contributed by atoms with E-state index in [0.29, 0.717) is 0 Å². The van der Waals surface area contributed by atoms with Gasteiger partial charge in [0.2, 0.25) is 0 Å². The third kappa shape index (κ3) is 1.83. The fourth-order valence-corrected chi connectivity index (χ4v) is 2.55. The van der Waals surface area contributed by atoms with Crippen molar-refractivity contribution < 1.29 is 5.11 Å². The van der Waals surface area contributed by atoms with E-state index in [1.165, 1.54) is 12.0 Å².